The standard InChI is InChI=1S/C18H22N2/c1-3-7-16(8-4-1)18(11-13-19-14-12-18)15-20-17-9-5-2-6-10-17/h1-10,19-20H,11-15H2. The molecule has 0 spiro atoms. The second-order valence-corrected chi connectivity index (χ2v) is 5.62. The maximum Gasteiger partial charge on any atom is 0.0340 e. The van der Waals surface area contributed by atoms with Crippen molar-refractivity contribution in [3.05, 3.63) is 66.2 Å². The lowest BCUT2D eigenvalue weighted by molar-refractivity contribution is 0.323. The van der Waals surface area contributed by atoms with Crippen LogP contribution in [0.1, 0.15) is 18.4 Å². The normalized spacial score (nSPS) is 17.6. The molecule has 0 aromatic heterocycles. The molecule has 0 bridgehead atoms. The Kier molecular flexibility index (Phi) is 4.03. The third-order valence-corrected chi connectivity index (χ3v) is 4.35. The van der Waals surface area contributed by atoms with Gasteiger partial charge in [0.2, 0.25) is 0 Å². The van der Waals surface area contributed by atoms with Gasteiger partial charge in [0.15, 0.2) is 0 Å². The van der Waals surface area contributed by atoms with Crippen molar-refractivity contribution in [2.24, 2.45) is 0 Å². The van der Waals surface area contributed by atoms with Crippen LogP contribution in [0.2, 0.25) is 0 Å². The van der Waals surface area contributed by atoms with Crippen molar-refractivity contribution in [3.63, 3.8) is 0 Å². The average Bonchev–Trinajstić information content (AvgIpc) is 2.56. The molecular weight excluding hydrogens is 244 g/mol. The number of hydrogen-bond donors (Lipinski definition) is 2. The highest BCUT2D eigenvalue weighted by Gasteiger charge is 2.33. The van der Waals surface area contributed by atoms with Gasteiger partial charge in [0.25, 0.3) is 0 Å². The van der Waals surface area contributed by atoms with Crippen LogP contribution in [-0.4, -0.2) is 19.6 Å². The van der Waals surface area contributed by atoms with E-state index >= 15 is 0 Å². The molecule has 2 heteroatoms. The maximum absolute atomic E-state index is 3.63. The fourth-order valence-corrected chi connectivity index (χ4v) is 3.09. The molecule has 1 aliphatic rings. The van der Waals surface area contributed by atoms with Gasteiger partial charge in [-0.05, 0) is 43.6 Å². The summed E-state index contributed by atoms with van der Waals surface area (Å²) in [5, 5.41) is 7.11. The highest BCUT2D eigenvalue weighted by Crippen LogP contribution is 2.33. The molecule has 0 saturated carbocycles. The number of anilines is 1. The predicted molar refractivity (Wildman–Crippen MR) is 85.2 cm³/mol. The van der Waals surface area contributed by atoms with E-state index in [0.717, 1.165) is 19.6 Å². The van der Waals surface area contributed by atoms with E-state index in [1.807, 2.05) is 0 Å². The van der Waals surface area contributed by atoms with E-state index in [2.05, 4.69) is 71.3 Å². The monoisotopic (exact) mass is 266 g/mol. The Balaban J connectivity index is 1.80. The van der Waals surface area contributed by atoms with Gasteiger partial charge in [0.05, 0.1) is 0 Å². The van der Waals surface area contributed by atoms with E-state index in [9.17, 15) is 0 Å². The van der Waals surface area contributed by atoms with Crippen molar-refractivity contribution < 1.29 is 0 Å². The zero-order valence-corrected chi connectivity index (χ0v) is 11.8. The van der Waals surface area contributed by atoms with Crippen LogP contribution in [-0.2, 0) is 5.41 Å². The van der Waals surface area contributed by atoms with Crippen molar-refractivity contribution >= 4 is 5.69 Å². The van der Waals surface area contributed by atoms with Gasteiger partial charge >= 0.3 is 0 Å². The summed E-state index contributed by atoms with van der Waals surface area (Å²) in [7, 11) is 0. The molecule has 2 aromatic carbocycles. The van der Waals surface area contributed by atoms with E-state index in [1.54, 1.807) is 0 Å². The van der Waals surface area contributed by atoms with Crippen molar-refractivity contribution in [3.8, 4) is 0 Å². The van der Waals surface area contributed by atoms with Crippen LogP contribution in [0.3, 0.4) is 0 Å². The van der Waals surface area contributed by atoms with Crippen LogP contribution in [0, 0.1) is 0 Å². The summed E-state index contributed by atoms with van der Waals surface area (Å²) in [5.41, 5.74) is 2.92. The number of benzene rings is 2. The first-order chi connectivity index (χ1) is 9.89. The largest absolute Gasteiger partial charge is 0.384 e. The molecule has 1 saturated heterocycles. The predicted octanol–water partition coefficient (Wildman–Crippen LogP) is 3.42. The topological polar surface area (TPSA) is 24.1 Å². The summed E-state index contributed by atoms with van der Waals surface area (Å²) in [6.07, 6.45) is 2.38. The molecule has 2 nitrogen and oxygen atoms in total. The summed E-state index contributed by atoms with van der Waals surface area (Å²) in [6, 6.07) is 21.5. The minimum absolute atomic E-state index is 0.252. The van der Waals surface area contributed by atoms with Gasteiger partial charge in [0, 0.05) is 17.6 Å². The van der Waals surface area contributed by atoms with Gasteiger partial charge in [-0.15, -0.1) is 0 Å². The minimum Gasteiger partial charge on any atom is -0.384 e. The molecule has 1 fully saturated rings. The summed E-state index contributed by atoms with van der Waals surface area (Å²) < 4.78 is 0. The summed E-state index contributed by atoms with van der Waals surface area (Å²) >= 11 is 0. The molecule has 0 aliphatic carbocycles. The van der Waals surface area contributed by atoms with Crippen LogP contribution in [0.15, 0.2) is 60.7 Å². The van der Waals surface area contributed by atoms with E-state index in [-0.39, 0.29) is 5.41 Å². The Morgan fingerprint density at radius 1 is 0.850 bits per heavy atom. The van der Waals surface area contributed by atoms with E-state index in [4.69, 9.17) is 0 Å². The van der Waals surface area contributed by atoms with Crippen LogP contribution in [0.5, 0.6) is 0 Å². The number of para-hydroxylation sites is 1. The summed E-state index contributed by atoms with van der Waals surface area (Å²) in [6.45, 7) is 3.21. The SMILES string of the molecule is c1ccc(NCC2(c3ccccc3)CCNCC2)cc1. The van der Waals surface area contributed by atoms with Crippen LogP contribution in [0.25, 0.3) is 0 Å². The Morgan fingerprint density at radius 3 is 2.10 bits per heavy atom. The maximum atomic E-state index is 3.63. The van der Waals surface area contributed by atoms with Gasteiger partial charge in [-0.1, -0.05) is 48.5 Å². The molecule has 1 aliphatic heterocycles. The fourth-order valence-electron chi connectivity index (χ4n) is 3.09. The molecule has 104 valence electrons. The van der Waals surface area contributed by atoms with E-state index < -0.39 is 0 Å². The third kappa shape index (κ3) is 2.86. The molecule has 1 heterocycles. The van der Waals surface area contributed by atoms with Crippen LogP contribution in [0.4, 0.5) is 5.69 Å². The number of nitrogens with one attached hydrogen (secondary N) is 2. The van der Waals surface area contributed by atoms with E-state index in [1.165, 1.54) is 24.1 Å². The van der Waals surface area contributed by atoms with Crippen molar-refractivity contribution in [2.45, 2.75) is 18.3 Å². The quantitative estimate of drug-likeness (QED) is 0.886. The molecule has 2 N–H and O–H groups in total. The Bertz CT molecular complexity index is 516. The molecule has 0 amide bonds. The molecule has 0 atom stereocenters. The molecule has 3 rings (SSSR count). The highest BCUT2D eigenvalue weighted by molar-refractivity contribution is 5.44. The van der Waals surface area contributed by atoms with Gasteiger partial charge in [-0.3, -0.25) is 0 Å². The third-order valence-electron chi connectivity index (χ3n) is 4.35. The average molecular weight is 266 g/mol. The molecule has 2 aromatic rings. The van der Waals surface area contributed by atoms with Crippen molar-refractivity contribution in [1.29, 1.82) is 0 Å². The highest BCUT2D eigenvalue weighted by atomic mass is 14.9. The number of piperidine rings is 1. The second kappa shape index (κ2) is 6.10. The zero-order valence-electron chi connectivity index (χ0n) is 11.8. The lowest BCUT2D eigenvalue weighted by atomic mass is 9.73. The van der Waals surface area contributed by atoms with Gasteiger partial charge in [-0.25, -0.2) is 0 Å². The van der Waals surface area contributed by atoms with Gasteiger partial charge in [0.1, 0.15) is 0 Å². The Morgan fingerprint density at radius 2 is 1.45 bits per heavy atom. The van der Waals surface area contributed by atoms with Gasteiger partial charge in [-0.2, -0.15) is 0 Å². The molecular formula is C18H22N2. The first-order valence-corrected chi connectivity index (χ1v) is 7.44. The number of rotatable bonds is 4. The molecule has 0 radical (unpaired) electrons. The van der Waals surface area contributed by atoms with Crippen LogP contribution >= 0.6 is 0 Å². The summed E-state index contributed by atoms with van der Waals surface area (Å²) in [5.74, 6) is 0. The van der Waals surface area contributed by atoms with Gasteiger partial charge < -0.3 is 10.6 Å². The molecule has 20 heavy (non-hydrogen) atoms. The Labute approximate surface area is 121 Å². The summed E-state index contributed by atoms with van der Waals surface area (Å²) in [4.78, 5) is 0. The minimum atomic E-state index is 0.252. The molecule has 0 unspecified atom stereocenters. The second-order valence-electron chi connectivity index (χ2n) is 5.62. The lowest BCUT2D eigenvalue weighted by Gasteiger charge is -2.38. The Hall–Kier alpha value is -1.80. The smallest absolute Gasteiger partial charge is 0.0340 e. The first-order valence-electron chi connectivity index (χ1n) is 7.44. The number of hydrogen-bond acceptors (Lipinski definition) is 2. The van der Waals surface area contributed by atoms with Crippen LogP contribution < -0.4 is 10.6 Å². The fraction of sp³-hybridized carbons (Fsp3) is 0.333. The zero-order chi connectivity index (χ0) is 13.7. The van der Waals surface area contributed by atoms with Crippen molar-refractivity contribution in [2.75, 3.05) is 25.0 Å². The first kappa shape index (κ1) is 13.2. The van der Waals surface area contributed by atoms with E-state index in [0.29, 0.717) is 0 Å². The van der Waals surface area contributed by atoms with Crippen molar-refractivity contribution in [1.82, 2.24) is 5.32 Å². The lowest BCUT2D eigenvalue weighted by Crippen LogP contribution is -2.44.